The van der Waals surface area contributed by atoms with E-state index in [1.165, 1.54) is 0 Å². The lowest BCUT2D eigenvalue weighted by Crippen LogP contribution is -2.33. The smallest absolute Gasteiger partial charge is 0.387 e. The van der Waals surface area contributed by atoms with Gasteiger partial charge in [0.1, 0.15) is 6.61 Å². The van der Waals surface area contributed by atoms with Crippen LogP contribution in [0.25, 0.3) is 0 Å². The fourth-order valence-electron chi connectivity index (χ4n) is 0.952. The van der Waals surface area contributed by atoms with E-state index in [-0.39, 0.29) is 10.6 Å². The second kappa shape index (κ2) is 5.91. The maximum Gasteiger partial charge on any atom is 0.415 e. The maximum absolute atomic E-state index is 11.2. The van der Waals surface area contributed by atoms with Gasteiger partial charge in [-0.05, 0) is 11.3 Å². The quantitative estimate of drug-likeness (QED) is 0.531. The highest BCUT2D eigenvalue weighted by Crippen LogP contribution is 2.09. The first-order valence-electron chi connectivity index (χ1n) is 4.84. The minimum absolute atomic E-state index is 0.0784. The second-order valence-electron chi connectivity index (χ2n) is 3.01. The molecule has 1 amide bonds. The van der Waals surface area contributed by atoms with Crippen molar-refractivity contribution in [3.05, 3.63) is 10.9 Å². The van der Waals surface area contributed by atoms with Gasteiger partial charge in [0, 0.05) is 11.7 Å². The number of hydrogen-bond donors (Lipinski definition) is 2. The third-order valence-corrected chi connectivity index (χ3v) is 1.78. The normalized spacial score (nSPS) is 10.1. The lowest BCUT2D eigenvalue weighted by Gasteiger charge is -2.02. The summed E-state index contributed by atoms with van der Waals surface area (Å²) in [5.74, 6) is -0.448. The van der Waals surface area contributed by atoms with E-state index in [4.69, 9.17) is 5.11 Å². The molecule has 1 aromatic heterocycles. The molecule has 0 spiro atoms. The number of aromatic nitrogens is 2. The van der Waals surface area contributed by atoms with Crippen LogP contribution in [0.5, 0.6) is 5.88 Å². The predicted octanol–water partition coefficient (Wildman–Crippen LogP) is -0.311. The van der Waals surface area contributed by atoms with Crippen LogP contribution in [0.15, 0.2) is 4.63 Å². The molecule has 0 aliphatic rings. The number of carbonyl (C=O) groups excluding carboxylic acids is 1. The molecule has 0 fully saturated rings. The zero-order chi connectivity index (χ0) is 12.0. The molecule has 0 radical (unpaired) electrons. The summed E-state index contributed by atoms with van der Waals surface area (Å²) in [5, 5.41) is 25.3. The summed E-state index contributed by atoms with van der Waals surface area (Å²) in [5.41, 5.74) is -0.124. The molecule has 0 unspecified atom stereocenters. The molecule has 0 bridgehead atoms. The van der Waals surface area contributed by atoms with Crippen molar-refractivity contribution in [2.24, 2.45) is 0 Å². The summed E-state index contributed by atoms with van der Waals surface area (Å²) in [4.78, 5) is 11.1. The molecule has 1 heterocycles. The van der Waals surface area contributed by atoms with E-state index >= 15 is 0 Å². The Morgan fingerprint density at radius 3 is 3.12 bits per heavy atom. The number of nitrogens with zero attached hydrogens (tertiary/aromatic N) is 2. The molecule has 1 rings (SSSR count). The van der Waals surface area contributed by atoms with Crippen molar-refractivity contribution in [2.45, 2.75) is 26.4 Å². The Morgan fingerprint density at radius 1 is 1.75 bits per heavy atom. The molecule has 0 saturated carbocycles. The minimum Gasteiger partial charge on any atom is -0.387 e. The van der Waals surface area contributed by atoms with E-state index in [0.717, 1.165) is 12.8 Å². The standard InChI is InChI=1S/C8H13N3O5/c1-2-3-4-9-8(13)15-7-6(5-12)10-16-11(7)14/h12H,2-5H2,1H3,(H,9,13). The summed E-state index contributed by atoms with van der Waals surface area (Å²) < 4.78 is 8.80. The summed E-state index contributed by atoms with van der Waals surface area (Å²) in [7, 11) is 0. The van der Waals surface area contributed by atoms with Gasteiger partial charge in [0.15, 0.2) is 0 Å². The Hall–Kier alpha value is -1.83. The van der Waals surface area contributed by atoms with Crippen molar-refractivity contribution >= 4 is 6.09 Å². The van der Waals surface area contributed by atoms with Crippen LogP contribution in [0.3, 0.4) is 0 Å². The van der Waals surface area contributed by atoms with Crippen LogP contribution in [0, 0.1) is 5.21 Å². The van der Waals surface area contributed by atoms with Crippen LogP contribution < -0.4 is 15.0 Å². The number of carbonyl (C=O) groups is 1. The maximum atomic E-state index is 11.2. The van der Waals surface area contributed by atoms with Crippen LogP contribution in [-0.4, -0.2) is 22.9 Å². The highest BCUT2D eigenvalue weighted by atomic mass is 16.8. The number of aliphatic hydroxyl groups is 1. The van der Waals surface area contributed by atoms with Crippen LogP contribution >= 0.6 is 0 Å². The van der Waals surface area contributed by atoms with Gasteiger partial charge >= 0.3 is 12.0 Å². The van der Waals surface area contributed by atoms with Gasteiger partial charge in [0.05, 0.1) is 0 Å². The fraction of sp³-hybridized carbons (Fsp3) is 0.625. The number of unbranched alkanes of at least 4 members (excludes halogenated alkanes) is 1. The molecule has 90 valence electrons. The van der Waals surface area contributed by atoms with Crippen molar-refractivity contribution in [3.63, 3.8) is 0 Å². The number of aliphatic hydroxyl groups excluding tert-OH is 1. The lowest BCUT2D eigenvalue weighted by atomic mass is 10.3. The third-order valence-electron chi connectivity index (χ3n) is 1.78. The van der Waals surface area contributed by atoms with Crippen LogP contribution in [0.1, 0.15) is 25.5 Å². The van der Waals surface area contributed by atoms with Crippen molar-refractivity contribution < 1.29 is 24.2 Å². The first-order valence-corrected chi connectivity index (χ1v) is 4.84. The fourth-order valence-corrected chi connectivity index (χ4v) is 0.952. The van der Waals surface area contributed by atoms with E-state index in [2.05, 4.69) is 19.8 Å². The Labute approximate surface area is 91.3 Å². The molecule has 0 aromatic carbocycles. The van der Waals surface area contributed by atoms with Crippen molar-refractivity contribution in [1.82, 2.24) is 10.5 Å². The van der Waals surface area contributed by atoms with Crippen LogP contribution in [0.4, 0.5) is 4.79 Å². The summed E-state index contributed by atoms with van der Waals surface area (Å²) in [6.45, 7) is 1.88. The zero-order valence-corrected chi connectivity index (χ0v) is 8.80. The van der Waals surface area contributed by atoms with Gasteiger partial charge in [0.25, 0.3) is 5.69 Å². The highest BCUT2D eigenvalue weighted by molar-refractivity contribution is 5.69. The topological polar surface area (TPSA) is 112 Å². The monoisotopic (exact) mass is 231 g/mol. The van der Waals surface area contributed by atoms with E-state index in [1.807, 2.05) is 6.92 Å². The molecule has 16 heavy (non-hydrogen) atoms. The molecule has 8 nitrogen and oxygen atoms in total. The average molecular weight is 231 g/mol. The molecular weight excluding hydrogens is 218 g/mol. The molecule has 2 N–H and O–H groups in total. The van der Waals surface area contributed by atoms with Crippen molar-refractivity contribution in [3.8, 4) is 5.88 Å². The Morgan fingerprint density at radius 2 is 2.50 bits per heavy atom. The first-order chi connectivity index (χ1) is 7.69. The van der Waals surface area contributed by atoms with E-state index in [0.29, 0.717) is 6.54 Å². The molecule has 0 atom stereocenters. The second-order valence-corrected chi connectivity index (χ2v) is 3.01. The van der Waals surface area contributed by atoms with Crippen molar-refractivity contribution in [1.29, 1.82) is 0 Å². The van der Waals surface area contributed by atoms with Gasteiger partial charge in [-0.2, -0.15) is 0 Å². The van der Waals surface area contributed by atoms with Gasteiger partial charge in [-0.25, -0.2) is 4.79 Å². The molecule has 8 heteroatoms. The van der Waals surface area contributed by atoms with Gasteiger partial charge in [-0.1, -0.05) is 13.3 Å². The summed E-state index contributed by atoms with van der Waals surface area (Å²) in [6, 6.07) is 0. The molecule has 0 aliphatic heterocycles. The predicted molar refractivity (Wildman–Crippen MR) is 50.3 cm³/mol. The molecule has 0 aliphatic carbocycles. The van der Waals surface area contributed by atoms with E-state index in [9.17, 15) is 10.0 Å². The zero-order valence-electron chi connectivity index (χ0n) is 8.80. The van der Waals surface area contributed by atoms with Gasteiger partial charge in [0.2, 0.25) is 0 Å². The van der Waals surface area contributed by atoms with E-state index in [1.54, 1.807) is 0 Å². The first kappa shape index (κ1) is 12.2. The highest BCUT2D eigenvalue weighted by Gasteiger charge is 2.22. The molecular formula is C8H13N3O5. The SMILES string of the molecule is CCCCNC(=O)Oc1c(CO)no[n+]1[O-]. The Kier molecular flexibility index (Phi) is 4.52. The summed E-state index contributed by atoms with van der Waals surface area (Å²) in [6.07, 6.45) is 0.955. The van der Waals surface area contributed by atoms with Crippen LogP contribution in [0.2, 0.25) is 0 Å². The number of amides is 1. The van der Waals surface area contributed by atoms with Crippen molar-refractivity contribution in [2.75, 3.05) is 6.54 Å². The number of ether oxygens (including phenoxy) is 1. The molecule has 1 aromatic rings. The van der Waals surface area contributed by atoms with Gasteiger partial charge in [-0.3, -0.25) is 4.63 Å². The average Bonchev–Trinajstić information content (AvgIpc) is 2.61. The number of rotatable bonds is 5. The Bertz CT molecular complexity index is 351. The summed E-state index contributed by atoms with van der Waals surface area (Å²) >= 11 is 0. The van der Waals surface area contributed by atoms with E-state index < -0.39 is 18.6 Å². The number of nitrogens with one attached hydrogen (secondary N) is 1. The number of hydrogen-bond acceptors (Lipinski definition) is 6. The van der Waals surface area contributed by atoms with Crippen LogP contribution in [-0.2, 0) is 6.61 Å². The Balaban J connectivity index is 2.51. The van der Waals surface area contributed by atoms with Gasteiger partial charge in [-0.15, -0.1) is 0 Å². The minimum atomic E-state index is -0.782. The third kappa shape index (κ3) is 3.09. The lowest BCUT2D eigenvalue weighted by molar-refractivity contribution is -0.804. The molecule has 0 saturated heterocycles. The largest absolute Gasteiger partial charge is 0.415 e. The van der Waals surface area contributed by atoms with Gasteiger partial charge < -0.3 is 20.4 Å².